The Hall–Kier alpha value is -1.66. The number of urea groups is 1. The number of rotatable bonds is 2. The van der Waals surface area contributed by atoms with Gasteiger partial charge in [0.1, 0.15) is 5.82 Å². The average molecular weight is 356 g/mol. The molecule has 1 unspecified atom stereocenters. The number of amides is 2. The second-order valence-corrected chi connectivity index (χ2v) is 6.63. The normalized spacial score (nSPS) is 23.0. The Labute approximate surface area is 147 Å². The zero-order chi connectivity index (χ0) is 16.4. The van der Waals surface area contributed by atoms with Crippen molar-refractivity contribution in [3.63, 3.8) is 0 Å². The van der Waals surface area contributed by atoms with Crippen molar-refractivity contribution in [2.45, 2.75) is 26.2 Å². The first-order valence-corrected chi connectivity index (χ1v) is 8.06. The Morgan fingerprint density at radius 3 is 2.79 bits per heavy atom. The number of nitrogens with one attached hydrogen (secondary N) is 2. The topological polar surface area (TPSA) is 61.4 Å². The molecule has 3 rings (SSSR count). The summed E-state index contributed by atoms with van der Waals surface area (Å²) in [6, 6.07) is 3.91. The minimum absolute atomic E-state index is 0. The van der Waals surface area contributed by atoms with E-state index in [-0.39, 0.29) is 35.2 Å². The van der Waals surface area contributed by atoms with Gasteiger partial charge in [0.05, 0.1) is 5.56 Å². The highest BCUT2D eigenvalue weighted by atomic mass is 35.5. The average Bonchev–Trinajstić information content (AvgIpc) is 2.96. The Kier molecular flexibility index (Phi) is 5.83. The van der Waals surface area contributed by atoms with Crippen LogP contribution < -0.4 is 10.6 Å². The summed E-state index contributed by atoms with van der Waals surface area (Å²) < 4.78 is 13.6. The van der Waals surface area contributed by atoms with Gasteiger partial charge in [-0.3, -0.25) is 4.79 Å². The molecule has 2 N–H and O–H groups in total. The third-order valence-electron chi connectivity index (χ3n) is 4.88. The van der Waals surface area contributed by atoms with E-state index in [9.17, 15) is 14.0 Å². The predicted octanol–water partition coefficient (Wildman–Crippen LogP) is 3.06. The number of hydrogen-bond donors (Lipinski definition) is 2. The Bertz CT molecular complexity index is 632. The lowest BCUT2D eigenvalue weighted by Crippen LogP contribution is -2.48. The van der Waals surface area contributed by atoms with Crippen LogP contribution >= 0.6 is 12.4 Å². The monoisotopic (exact) mass is 355 g/mol. The fourth-order valence-corrected chi connectivity index (χ4v) is 3.60. The molecule has 2 amide bonds. The van der Waals surface area contributed by atoms with E-state index in [1.165, 1.54) is 25.1 Å². The molecule has 5 nitrogen and oxygen atoms in total. The summed E-state index contributed by atoms with van der Waals surface area (Å²) >= 11 is 0. The Morgan fingerprint density at radius 2 is 2.12 bits per heavy atom. The van der Waals surface area contributed by atoms with Gasteiger partial charge in [0.25, 0.3) is 0 Å². The molecule has 1 aromatic rings. The van der Waals surface area contributed by atoms with Gasteiger partial charge in [0.2, 0.25) is 0 Å². The molecule has 2 heterocycles. The van der Waals surface area contributed by atoms with Gasteiger partial charge >= 0.3 is 6.03 Å². The maximum Gasteiger partial charge on any atom is 0.321 e. The third-order valence-corrected chi connectivity index (χ3v) is 4.88. The number of anilines is 1. The number of halogens is 2. The van der Waals surface area contributed by atoms with Crippen LogP contribution in [-0.4, -0.2) is 42.9 Å². The van der Waals surface area contributed by atoms with Gasteiger partial charge in [-0.25, -0.2) is 9.18 Å². The van der Waals surface area contributed by atoms with Gasteiger partial charge in [0, 0.05) is 30.7 Å². The van der Waals surface area contributed by atoms with Crippen LogP contribution in [0.3, 0.4) is 0 Å². The first-order valence-electron chi connectivity index (χ1n) is 8.06. The molecule has 7 heteroatoms. The van der Waals surface area contributed by atoms with Gasteiger partial charge in [-0.05, 0) is 50.9 Å². The van der Waals surface area contributed by atoms with Gasteiger partial charge < -0.3 is 15.5 Å². The highest BCUT2D eigenvalue weighted by molar-refractivity contribution is 5.97. The summed E-state index contributed by atoms with van der Waals surface area (Å²) in [5.41, 5.74) is 0.645. The molecule has 132 valence electrons. The lowest BCUT2D eigenvalue weighted by Gasteiger charge is -2.39. The van der Waals surface area contributed by atoms with Gasteiger partial charge in [0.15, 0.2) is 5.78 Å². The second-order valence-electron chi connectivity index (χ2n) is 6.63. The van der Waals surface area contributed by atoms with Crippen molar-refractivity contribution >= 4 is 29.9 Å². The van der Waals surface area contributed by atoms with E-state index < -0.39 is 5.82 Å². The van der Waals surface area contributed by atoms with Crippen molar-refractivity contribution in [1.29, 1.82) is 0 Å². The summed E-state index contributed by atoms with van der Waals surface area (Å²) in [7, 11) is 0. The zero-order valence-electron chi connectivity index (χ0n) is 13.7. The SMILES string of the molecule is CC(=O)c1cc(NC(=O)N2CCCC3(CCNC3)C2)ccc1F.Cl. The maximum atomic E-state index is 13.6. The lowest BCUT2D eigenvalue weighted by molar-refractivity contribution is 0.101. The summed E-state index contributed by atoms with van der Waals surface area (Å²) in [5.74, 6) is -0.919. The van der Waals surface area contributed by atoms with E-state index in [1.54, 1.807) is 0 Å². The van der Waals surface area contributed by atoms with Crippen molar-refractivity contribution in [2.75, 3.05) is 31.5 Å². The predicted molar refractivity (Wildman–Crippen MR) is 93.4 cm³/mol. The lowest BCUT2D eigenvalue weighted by atomic mass is 9.79. The molecule has 0 bridgehead atoms. The molecule has 1 spiro atoms. The molecule has 0 saturated carbocycles. The first-order chi connectivity index (χ1) is 11.0. The molecule has 24 heavy (non-hydrogen) atoms. The third kappa shape index (κ3) is 3.87. The number of hydrogen-bond acceptors (Lipinski definition) is 3. The van der Waals surface area contributed by atoms with Crippen LogP contribution in [0.15, 0.2) is 18.2 Å². The van der Waals surface area contributed by atoms with Crippen molar-refractivity contribution in [3.8, 4) is 0 Å². The van der Waals surface area contributed by atoms with E-state index in [4.69, 9.17) is 0 Å². The number of nitrogens with zero attached hydrogens (tertiary/aromatic N) is 1. The smallest absolute Gasteiger partial charge is 0.321 e. The highest BCUT2D eigenvalue weighted by Gasteiger charge is 2.39. The second kappa shape index (κ2) is 7.49. The number of piperidine rings is 1. The standard InChI is InChI=1S/C17H22FN3O2.ClH/c1-12(22)14-9-13(3-4-15(14)18)20-16(23)21-8-2-5-17(11-21)6-7-19-10-17;/h3-4,9,19H,2,5-8,10-11H2,1H3,(H,20,23);1H. The largest absolute Gasteiger partial charge is 0.324 e. The first kappa shape index (κ1) is 18.7. The van der Waals surface area contributed by atoms with Crippen LogP contribution in [-0.2, 0) is 0 Å². The van der Waals surface area contributed by atoms with Crippen molar-refractivity contribution in [2.24, 2.45) is 5.41 Å². The molecule has 0 radical (unpaired) electrons. The van der Waals surface area contributed by atoms with Crippen LogP contribution in [0, 0.1) is 11.2 Å². The van der Waals surface area contributed by atoms with Gasteiger partial charge in [-0.2, -0.15) is 0 Å². The number of likely N-dealkylation sites (tertiary alicyclic amines) is 1. The maximum absolute atomic E-state index is 13.6. The molecular weight excluding hydrogens is 333 g/mol. The molecule has 2 aliphatic heterocycles. The molecular formula is C17H23ClFN3O2. The minimum atomic E-state index is -0.565. The number of benzene rings is 1. The number of ketones is 1. The van der Waals surface area contributed by atoms with Crippen LogP contribution in [0.5, 0.6) is 0 Å². The summed E-state index contributed by atoms with van der Waals surface area (Å²) in [6.07, 6.45) is 3.24. The molecule has 1 atom stereocenters. The molecule has 2 aliphatic rings. The van der Waals surface area contributed by atoms with Crippen molar-refractivity contribution < 1.29 is 14.0 Å². The van der Waals surface area contributed by atoms with E-state index in [0.29, 0.717) is 5.69 Å². The summed E-state index contributed by atoms with van der Waals surface area (Å²) in [4.78, 5) is 25.7. The Morgan fingerprint density at radius 1 is 1.33 bits per heavy atom. The highest BCUT2D eigenvalue weighted by Crippen LogP contribution is 2.35. The quantitative estimate of drug-likeness (QED) is 0.801. The number of carbonyl (C=O) groups excluding carboxylic acids is 2. The van der Waals surface area contributed by atoms with Crippen LogP contribution in [0.4, 0.5) is 14.9 Å². The summed E-state index contributed by atoms with van der Waals surface area (Å²) in [6.45, 7) is 4.75. The fraction of sp³-hybridized carbons (Fsp3) is 0.529. The minimum Gasteiger partial charge on any atom is -0.324 e. The van der Waals surface area contributed by atoms with Gasteiger partial charge in [-0.1, -0.05) is 0 Å². The molecule has 0 aromatic heterocycles. The van der Waals surface area contributed by atoms with E-state index in [0.717, 1.165) is 45.4 Å². The molecule has 2 fully saturated rings. The van der Waals surface area contributed by atoms with Crippen LogP contribution in [0.1, 0.15) is 36.5 Å². The van der Waals surface area contributed by atoms with Gasteiger partial charge in [-0.15, -0.1) is 12.4 Å². The van der Waals surface area contributed by atoms with Crippen LogP contribution in [0.2, 0.25) is 0 Å². The zero-order valence-corrected chi connectivity index (χ0v) is 14.5. The van der Waals surface area contributed by atoms with E-state index in [1.807, 2.05) is 4.90 Å². The number of carbonyl (C=O) groups is 2. The van der Waals surface area contributed by atoms with Crippen molar-refractivity contribution in [3.05, 3.63) is 29.6 Å². The molecule has 0 aliphatic carbocycles. The van der Waals surface area contributed by atoms with E-state index >= 15 is 0 Å². The van der Waals surface area contributed by atoms with Crippen LogP contribution in [0.25, 0.3) is 0 Å². The molecule has 2 saturated heterocycles. The Balaban J connectivity index is 0.00000208. The number of Topliss-reactive ketones (excluding diaryl/α,β-unsaturated/α-hetero) is 1. The van der Waals surface area contributed by atoms with Crippen molar-refractivity contribution in [1.82, 2.24) is 10.2 Å². The summed E-state index contributed by atoms with van der Waals surface area (Å²) in [5, 5.41) is 6.17. The fourth-order valence-electron chi connectivity index (χ4n) is 3.60. The molecule has 1 aromatic carbocycles. The van der Waals surface area contributed by atoms with E-state index in [2.05, 4.69) is 10.6 Å².